The van der Waals surface area contributed by atoms with Gasteiger partial charge in [-0.15, -0.1) is 6.58 Å². The molecule has 1 aliphatic rings. The van der Waals surface area contributed by atoms with Crippen LogP contribution in [0.5, 0.6) is 11.5 Å². The van der Waals surface area contributed by atoms with Crippen molar-refractivity contribution in [2.45, 2.75) is 25.4 Å². The predicted octanol–water partition coefficient (Wildman–Crippen LogP) is 4.15. The van der Waals surface area contributed by atoms with Crippen LogP contribution >= 0.6 is 0 Å². The van der Waals surface area contributed by atoms with E-state index in [0.29, 0.717) is 12.0 Å². The van der Waals surface area contributed by atoms with E-state index in [4.69, 9.17) is 9.47 Å². The molecule has 28 heavy (non-hydrogen) atoms. The first-order valence-electron chi connectivity index (χ1n) is 9.63. The number of rotatable bonds is 7. The van der Waals surface area contributed by atoms with Crippen LogP contribution in [-0.2, 0) is 6.42 Å². The molecule has 5 heteroatoms. The molecule has 1 heterocycles. The summed E-state index contributed by atoms with van der Waals surface area (Å²) in [5.41, 5.74) is 2.26. The molecule has 0 unspecified atom stereocenters. The molecule has 2 aromatic carbocycles. The van der Waals surface area contributed by atoms with Crippen LogP contribution in [0, 0.1) is 0 Å². The highest BCUT2D eigenvalue weighted by Crippen LogP contribution is 2.23. The van der Waals surface area contributed by atoms with Gasteiger partial charge in [-0.25, -0.2) is 0 Å². The standard InChI is InChI=1S/C23H28N2O3/c1-4-5-17-16-18(6-11-22(17)27-3)23(26)24-19-7-9-20(10-8-19)28-21-12-14-25(2)15-13-21/h4,6-11,16,21H,1,5,12-15H2,2-3H3,(H,24,26). The monoisotopic (exact) mass is 380 g/mol. The lowest BCUT2D eigenvalue weighted by molar-refractivity contribution is 0.102. The molecule has 0 bridgehead atoms. The second kappa shape index (κ2) is 9.42. The maximum atomic E-state index is 12.6. The van der Waals surface area contributed by atoms with Crippen molar-refractivity contribution in [3.63, 3.8) is 0 Å². The molecule has 5 nitrogen and oxygen atoms in total. The molecule has 0 aliphatic carbocycles. The van der Waals surface area contributed by atoms with E-state index in [1.165, 1.54) is 0 Å². The van der Waals surface area contributed by atoms with E-state index >= 15 is 0 Å². The normalized spacial score (nSPS) is 15.1. The highest BCUT2D eigenvalue weighted by Gasteiger charge is 2.18. The fraction of sp³-hybridized carbons (Fsp3) is 0.348. The van der Waals surface area contributed by atoms with Crippen LogP contribution in [0.4, 0.5) is 5.69 Å². The molecular formula is C23H28N2O3. The van der Waals surface area contributed by atoms with Crippen molar-refractivity contribution in [1.82, 2.24) is 4.90 Å². The molecular weight excluding hydrogens is 352 g/mol. The molecule has 2 aromatic rings. The van der Waals surface area contributed by atoms with Gasteiger partial charge >= 0.3 is 0 Å². The van der Waals surface area contributed by atoms with Crippen LogP contribution in [0.2, 0.25) is 0 Å². The Labute approximate surface area is 167 Å². The number of nitrogens with one attached hydrogen (secondary N) is 1. The summed E-state index contributed by atoms with van der Waals surface area (Å²) in [6, 6.07) is 13.0. The third-order valence-electron chi connectivity index (χ3n) is 4.99. The first-order valence-corrected chi connectivity index (χ1v) is 9.63. The first kappa shape index (κ1) is 20.0. The van der Waals surface area contributed by atoms with Gasteiger partial charge in [-0.3, -0.25) is 4.79 Å². The van der Waals surface area contributed by atoms with Crippen molar-refractivity contribution in [2.24, 2.45) is 0 Å². The van der Waals surface area contributed by atoms with E-state index in [1.807, 2.05) is 36.4 Å². The number of nitrogens with zero attached hydrogens (tertiary/aromatic N) is 1. The number of benzene rings is 2. The summed E-state index contributed by atoms with van der Waals surface area (Å²) in [5.74, 6) is 1.44. The molecule has 1 fully saturated rings. The fourth-order valence-corrected chi connectivity index (χ4v) is 3.35. The number of likely N-dealkylation sites (tertiary alicyclic amines) is 1. The topological polar surface area (TPSA) is 50.8 Å². The molecule has 148 valence electrons. The van der Waals surface area contributed by atoms with Crippen molar-refractivity contribution in [3.05, 3.63) is 66.2 Å². The second-order valence-electron chi connectivity index (χ2n) is 7.12. The Bertz CT molecular complexity index is 809. The molecule has 3 rings (SSSR count). The van der Waals surface area contributed by atoms with Crippen LogP contribution in [0.1, 0.15) is 28.8 Å². The van der Waals surface area contributed by atoms with E-state index in [1.54, 1.807) is 19.3 Å². The Morgan fingerprint density at radius 1 is 1.21 bits per heavy atom. The minimum absolute atomic E-state index is 0.156. The summed E-state index contributed by atoms with van der Waals surface area (Å²) in [6.45, 7) is 5.88. The van der Waals surface area contributed by atoms with Crippen LogP contribution < -0.4 is 14.8 Å². The lowest BCUT2D eigenvalue weighted by Crippen LogP contribution is -2.35. The van der Waals surface area contributed by atoms with Gasteiger partial charge in [0.2, 0.25) is 0 Å². The summed E-state index contributed by atoms with van der Waals surface area (Å²) in [5, 5.41) is 2.93. The van der Waals surface area contributed by atoms with Gasteiger partial charge in [0.05, 0.1) is 7.11 Å². The molecule has 0 atom stereocenters. The molecule has 1 saturated heterocycles. The lowest BCUT2D eigenvalue weighted by atomic mass is 10.1. The summed E-state index contributed by atoms with van der Waals surface area (Å²) in [4.78, 5) is 14.9. The summed E-state index contributed by atoms with van der Waals surface area (Å²) >= 11 is 0. The van der Waals surface area contributed by atoms with Crippen molar-refractivity contribution < 1.29 is 14.3 Å². The molecule has 1 amide bonds. The molecule has 1 N–H and O–H groups in total. The first-order chi connectivity index (χ1) is 13.6. The summed E-state index contributed by atoms with van der Waals surface area (Å²) < 4.78 is 11.4. The minimum Gasteiger partial charge on any atom is -0.496 e. The number of piperidine rings is 1. The third kappa shape index (κ3) is 5.14. The zero-order valence-corrected chi connectivity index (χ0v) is 16.6. The molecule has 0 aromatic heterocycles. The number of amides is 1. The lowest BCUT2D eigenvalue weighted by Gasteiger charge is -2.29. The average molecular weight is 380 g/mol. The quantitative estimate of drug-likeness (QED) is 0.733. The van der Waals surface area contributed by atoms with Crippen molar-refractivity contribution >= 4 is 11.6 Å². The maximum absolute atomic E-state index is 12.6. The third-order valence-corrected chi connectivity index (χ3v) is 4.99. The number of hydrogen-bond donors (Lipinski definition) is 1. The Hall–Kier alpha value is -2.79. The van der Waals surface area contributed by atoms with Crippen LogP contribution in [-0.4, -0.2) is 44.2 Å². The van der Waals surface area contributed by atoms with E-state index in [0.717, 1.165) is 48.7 Å². The number of carbonyl (C=O) groups excluding carboxylic acids is 1. The van der Waals surface area contributed by atoms with Crippen molar-refractivity contribution in [1.29, 1.82) is 0 Å². The van der Waals surface area contributed by atoms with Gasteiger partial charge in [0.15, 0.2) is 0 Å². The number of allylic oxidation sites excluding steroid dienone is 1. The maximum Gasteiger partial charge on any atom is 0.255 e. The van der Waals surface area contributed by atoms with Crippen molar-refractivity contribution in [3.8, 4) is 11.5 Å². The van der Waals surface area contributed by atoms with Crippen LogP contribution in [0.3, 0.4) is 0 Å². The van der Waals surface area contributed by atoms with Gasteiger partial charge < -0.3 is 19.7 Å². The molecule has 0 saturated carbocycles. The van der Waals surface area contributed by atoms with Crippen molar-refractivity contribution in [2.75, 3.05) is 32.6 Å². The zero-order valence-electron chi connectivity index (χ0n) is 16.6. The number of carbonyl (C=O) groups is 1. The van der Waals surface area contributed by atoms with Gasteiger partial charge in [0, 0.05) is 24.3 Å². The minimum atomic E-state index is -0.156. The van der Waals surface area contributed by atoms with Crippen LogP contribution in [0.15, 0.2) is 55.1 Å². The molecule has 1 aliphatic heterocycles. The Morgan fingerprint density at radius 3 is 2.57 bits per heavy atom. The largest absolute Gasteiger partial charge is 0.496 e. The number of hydrogen-bond acceptors (Lipinski definition) is 4. The van der Waals surface area contributed by atoms with Gasteiger partial charge in [0.1, 0.15) is 17.6 Å². The molecule has 0 radical (unpaired) electrons. The number of ether oxygens (including phenoxy) is 2. The van der Waals surface area contributed by atoms with Gasteiger partial charge in [0.25, 0.3) is 5.91 Å². The fourth-order valence-electron chi connectivity index (χ4n) is 3.35. The SMILES string of the molecule is C=CCc1cc(C(=O)Nc2ccc(OC3CCN(C)CC3)cc2)ccc1OC. The Kier molecular flexibility index (Phi) is 6.71. The predicted molar refractivity (Wildman–Crippen MR) is 112 cm³/mol. The zero-order chi connectivity index (χ0) is 19.9. The Morgan fingerprint density at radius 2 is 1.93 bits per heavy atom. The van der Waals surface area contributed by atoms with Gasteiger partial charge in [-0.1, -0.05) is 6.08 Å². The smallest absolute Gasteiger partial charge is 0.255 e. The highest BCUT2D eigenvalue weighted by atomic mass is 16.5. The second-order valence-corrected chi connectivity index (χ2v) is 7.12. The van der Waals surface area contributed by atoms with E-state index < -0.39 is 0 Å². The number of methoxy groups -OCH3 is 1. The van der Waals surface area contributed by atoms with E-state index in [9.17, 15) is 4.79 Å². The van der Waals surface area contributed by atoms with E-state index in [-0.39, 0.29) is 12.0 Å². The molecule has 0 spiro atoms. The van der Waals surface area contributed by atoms with Gasteiger partial charge in [-0.05, 0) is 74.3 Å². The number of anilines is 1. The van der Waals surface area contributed by atoms with Gasteiger partial charge in [-0.2, -0.15) is 0 Å². The Balaban J connectivity index is 1.61. The summed E-state index contributed by atoms with van der Waals surface area (Å²) in [6.07, 6.45) is 4.79. The summed E-state index contributed by atoms with van der Waals surface area (Å²) in [7, 11) is 3.76. The van der Waals surface area contributed by atoms with E-state index in [2.05, 4.69) is 23.8 Å². The average Bonchev–Trinajstić information content (AvgIpc) is 2.71. The highest BCUT2D eigenvalue weighted by molar-refractivity contribution is 6.04. The van der Waals surface area contributed by atoms with Crippen LogP contribution in [0.25, 0.3) is 0 Å².